The fraction of sp³-hybridized carbons (Fsp3) is 0.462. The molecule has 8 nitrogen and oxygen atoms in total. The lowest BCUT2D eigenvalue weighted by Crippen LogP contribution is -2.49. The number of carbonyl (C=O) groups is 2. The van der Waals surface area contributed by atoms with Gasteiger partial charge in [0.25, 0.3) is 0 Å². The Morgan fingerprint density at radius 2 is 1.75 bits per heavy atom. The molecule has 0 radical (unpaired) electrons. The molecule has 0 aromatic heterocycles. The van der Waals surface area contributed by atoms with Gasteiger partial charge in [0.15, 0.2) is 0 Å². The normalized spacial score (nSPS) is 12.0. The molecule has 0 aliphatic heterocycles. The second-order valence-electron chi connectivity index (χ2n) is 8.44. The number of sulfonamides is 1. The lowest BCUT2D eigenvalue weighted by atomic mass is 10.1. The number of nitrogens with zero attached hydrogens (tertiary/aromatic N) is 2. The molecule has 10 heteroatoms. The Morgan fingerprint density at radius 3 is 2.36 bits per heavy atom. The van der Waals surface area contributed by atoms with Crippen LogP contribution in [0.1, 0.15) is 45.1 Å². The number of halogens is 1. The first-order valence-corrected chi connectivity index (χ1v) is 14.3. The van der Waals surface area contributed by atoms with Crippen molar-refractivity contribution in [2.75, 3.05) is 30.8 Å². The number of para-hydroxylation sites is 2. The molecule has 0 heterocycles. The second-order valence-corrected chi connectivity index (χ2v) is 10.8. The third-order valence-corrected chi connectivity index (χ3v) is 7.29. The number of carbonyl (C=O) groups excluding carboxylic acids is 2. The molecule has 0 bridgehead atoms. The van der Waals surface area contributed by atoms with Crippen molar-refractivity contribution in [3.8, 4) is 5.75 Å². The van der Waals surface area contributed by atoms with E-state index in [0.717, 1.165) is 18.2 Å². The van der Waals surface area contributed by atoms with Crippen LogP contribution in [0.25, 0.3) is 0 Å². The van der Waals surface area contributed by atoms with Crippen molar-refractivity contribution >= 4 is 39.1 Å². The van der Waals surface area contributed by atoms with Gasteiger partial charge in [0.1, 0.15) is 11.8 Å². The summed E-state index contributed by atoms with van der Waals surface area (Å²) in [6.07, 6.45) is 2.66. The van der Waals surface area contributed by atoms with Gasteiger partial charge in [-0.3, -0.25) is 13.9 Å². The molecule has 2 aromatic carbocycles. The van der Waals surface area contributed by atoms with E-state index in [4.69, 9.17) is 16.3 Å². The van der Waals surface area contributed by atoms with E-state index in [2.05, 4.69) is 5.32 Å². The minimum Gasteiger partial charge on any atom is -0.495 e. The first kappa shape index (κ1) is 29.5. The van der Waals surface area contributed by atoms with E-state index in [1.165, 1.54) is 11.4 Å². The molecule has 0 saturated heterocycles. The van der Waals surface area contributed by atoms with Crippen LogP contribution >= 0.6 is 11.6 Å². The number of nitrogens with one attached hydrogen (secondary N) is 1. The summed E-state index contributed by atoms with van der Waals surface area (Å²) in [7, 11) is -2.14. The summed E-state index contributed by atoms with van der Waals surface area (Å²) in [5.41, 5.74) is 1.15. The van der Waals surface area contributed by atoms with Crippen molar-refractivity contribution < 1.29 is 22.7 Å². The largest absolute Gasteiger partial charge is 0.495 e. The van der Waals surface area contributed by atoms with Gasteiger partial charge in [0.05, 0.1) is 19.1 Å². The van der Waals surface area contributed by atoms with E-state index in [0.29, 0.717) is 29.4 Å². The van der Waals surface area contributed by atoms with E-state index < -0.39 is 16.1 Å². The molecule has 0 aliphatic carbocycles. The first-order valence-electron chi connectivity index (χ1n) is 12.0. The topological polar surface area (TPSA) is 96.0 Å². The van der Waals surface area contributed by atoms with E-state index in [9.17, 15) is 18.0 Å². The van der Waals surface area contributed by atoms with E-state index >= 15 is 0 Å². The molecule has 198 valence electrons. The summed E-state index contributed by atoms with van der Waals surface area (Å²) in [6, 6.07) is 13.4. The zero-order chi connectivity index (χ0) is 26.7. The minimum absolute atomic E-state index is 0.0587. The number of anilines is 1. The van der Waals surface area contributed by atoms with Gasteiger partial charge in [-0.15, -0.1) is 0 Å². The molecule has 0 unspecified atom stereocenters. The summed E-state index contributed by atoms with van der Waals surface area (Å²) >= 11 is 6.35. The predicted octanol–water partition coefficient (Wildman–Crippen LogP) is 4.23. The molecule has 36 heavy (non-hydrogen) atoms. The average molecular weight is 538 g/mol. The highest BCUT2D eigenvalue weighted by molar-refractivity contribution is 7.92. The van der Waals surface area contributed by atoms with Crippen molar-refractivity contribution in [2.24, 2.45) is 0 Å². The van der Waals surface area contributed by atoms with Crippen LogP contribution in [0.15, 0.2) is 48.5 Å². The smallest absolute Gasteiger partial charge is 0.242 e. The molecule has 2 amide bonds. The summed E-state index contributed by atoms with van der Waals surface area (Å²) in [5, 5.41) is 3.39. The van der Waals surface area contributed by atoms with E-state index in [-0.39, 0.29) is 37.7 Å². The molecular weight excluding hydrogens is 502 g/mol. The van der Waals surface area contributed by atoms with Crippen LogP contribution in [0, 0.1) is 0 Å². The predicted molar refractivity (Wildman–Crippen MR) is 144 cm³/mol. The van der Waals surface area contributed by atoms with Crippen LogP contribution in [0.5, 0.6) is 5.75 Å². The van der Waals surface area contributed by atoms with Crippen LogP contribution in [0.4, 0.5) is 5.69 Å². The van der Waals surface area contributed by atoms with Crippen molar-refractivity contribution in [1.29, 1.82) is 0 Å². The van der Waals surface area contributed by atoms with Crippen molar-refractivity contribution in [1.82, 2.24) is 10.2 Å². The fourth-order valence-corrected chi connectivity index (χ4v) is 5.08. The van der Waals surface area contributed by atoms with Crippen molar-refractivity contribution in [2.45, 2.75) is 52.1 Å². The number of hydrogen-bond donors (Lipinski definition) is 1. The SMILES string of the molecule is CCCNC(=O)[C@@H](CC)N(Cc1ccccc1Cl)C(=O)CCCN(c1ccccc1OC)S(C)(=O)=O. The fourth-order valence-electron chi connectivity index (χ4n) is 3.91. The van der Waals surface area contributed by atoms with E-state index in [1.807, 2.05) is 26.0 Å². The highest BCUT2D eigenvalue weighted by Gasteiger charge is 2.29. The summed E-state index contributed by atoms with van der Waals surface area (Å²) in [4.78, 5) is 27.9. The maximum Gasteiger partial charge on any atom is 0.242 e. The van der Waals surface area contributed by atoms with Crippen LogP contribution < -0.4 is 14.4 Å². The van der Waals surface area contributed by atoms with Crippen LogP contribution in [0.3, 0.4) is 0 Å². The molecule has 2 rings (SSSR count). The molecule has 2 aromatic rings. The summed E-state index contributed by atoms with van der Waals surface area (Å²) < 4.78 is 31.6. The number of ether oxygens (including phenoxy) is 1. The molecule has 0 fully saturated rings. The molecule has 0 saturated carbocycles. The summed E-state index contributed by atoms with van der Waals surface area (Å²) in [5.74, 6) is -0.0401. The van der Waals surface area contributed by atoms with Gasteiger partial charge in [-0.1, -0.05) is 55.8 Å². The molecular formula is C26H36ClN3O5S. The van der Waals surface area contributed by atoms with Gasteiger partial charge in [-0.25, -0.2) is 8.42 Å². The first-order chi connectivity index (χ1) is 17.1. The Labute approximate surface area is 219 Å². The lowest BCUT2D eigenvalue weighted by molar-refractivity contribution is -0.141. The maximum absolute atomic E-state index is 13.4. The van der Waals surface area contributed by atoms with Gasteiger partial charge >= 0.3 is 0 Å². The second kappa shape index (κ2) is 14.1. The maximum atomic E-state index is 13.4. The number of benzene rings is 2. The average Bonchev–Trinajstić information content (AvgIpc) is 2.85. The van der Waals surface area contributed by atoms with Gasteiger partial charge < -0.3 is 15.0 Å². The number of methoxy groups -OCH3 is 1. The van der Waals surface area contributed by atoms with Crippen LogP contribution in [-0.4, -0.2) is 57.6 Å². The quantitative estimate of drug-likeness (QED) is 0.389. The monoisotopic (exact) mass is 537 g/mol. The Hall–Kier alpha value is -2.78. The van der Waals surface area contributed by atoms with Gasteiger partial charge in [0.2, 0.25) is 21.8 Å². The number of amides is 2. The number of rotatable bonds is 14. The zero-order valence-electron chi connectivity index (χ0n) is 21.4. The Bertz CT molecular complexity index is 1130. The standard InChI is InChI=1S/C26H36ClN3O5S/c1-5-17-28-26(32)22(6-2)29(19-20-12-7-8-13-21(20)27)25(31)16-11-18-30(36(4,33)34)23-14-9-10-15-24(23)35-3/h7-10,12-15,22H,5-6,11,16-19H2,1-4H3,(H,28,32)/t22-/m1/s1. The number of hydrogen-bond acceptors (Lipinski definition) is 5. The van der Waals surface area contributed by atoms with Crippen molar-refractivity contribution in [3.63, 3.8) is 0 Å². The lowest BCUT2D eigenvalue weighted by Gasteiger charge is -2.31. The highest BCUT2D eigenvalue weighted by atomic mass is 35.5. The Balaban J connectivity index is 2.24. The Kier molecular flexibility index (Phi) is 11.5. The third-order valence-electron chi connectivity index (χ3n) is 5.74. The Morgan fingerprint density at radius 1 is 1.08 bits per heavy atom. The van der Waals surface area contributed by atoms with Crippen molar-refractivity contribution in [3.05, 3.63) is 59.1 Å². The molecule has 0 spiro atoms. The zero-order valence-corrected chi connectivity index (χ0v) is 22.9. The molecule has 1 N–H and O–H groups in total. The van der Waals surface area contributed by atoms with Gasteiger partial charge in [0, 0.05) is 31.1 Å². The highest BCUT2D eigenvalue weighted by Crippen LogP contribution is 2.30. The third kappa shape index (κ3) is 8.13. The van der Waals surface area contributed by atoms with Gasteiger partial charge in [-0.05, 0) is 43.0 Å². The van der Waals surface area contributed by atoms with Crippen LogP contribution in [0.2, 0.25) is 5.02 Å². The minimum atomic E-state index is -3.62. The van der Waals surface area contributed by atoms with E-state index in [1.54, 1.807) is 41.3 Å². The molecule has 1 atom stereocenters. The molecule has 0 aliphatic rings. The summed E-state index contributed by atoms with van der Waals surface area (Å²) in [6.45, 7) is 4.60. The van der Waals surface area contributed by atoms with Gasteiger partial charge in [-0.2, -0.15) is 0 Å². The van der Waals surface area contributed by atoms with Crippen LogP contribution in [-0.2, 0) is 26.2 Å².